The topological polar surface area (TPSA) is 64.9 Å². The molecule has 1 amide bonds. The standard InChI is InChI=1S/C15H13N3OS/c16-7-10-5-6-20-15(10)18-14(19)13-9-17-8-11-3-1-2-4-12(11)13/h1-6,13,17H,8-9H2,(H,18,19). The molecule has 1 aromatic carbocycles. The van der Waals surface area contributed by atoms with E-state index in [0.29, 0.717) is 17.1 Å². The third kappa shape index (κ3) is 2.31. The van der Waals surface area contributed by atoms with E-state index in [9.17, 15) is 4.79 Å². The third-order valence-corrected chi connectivity index (χ3v) is 4.26. The summed E-state index contributed by atoms with van der Waals surface area (Å²) in [6.45, 7) is 1.42. The molecule has 1 aliphatic rings. The summed E-state index contributed by atoms with van der Waals surface area (Å²) in [5.74, 6) is -0.280. The summed E-state index contributed by atoms with van der Waals surface area (Å²) < 4.78 is 0. The molecule has 2 N–H and O–H groups in total. The fraction of sp³-hybridized carbons (Fsp3) is 0.200. The second-order valence-electron chi connectivity index (χ2n) is 4.65. The van der Waals surface area contributed by atoms with Gasteiger partial charge in [0.15, 0.2) is 0 Å². The molecule has 0 bridgehead atoms. The van der Waals surface area contributed by atoms with Crippen LogP contribution < -0.4 is 10.6 Å². The Morgan fingerprint density at radius 2 is 2.25 bits per heavy atom. The maximum atomic E-state index is 12.4. The molecule has 5 heteroatoms. The number of benzene rings is 1. The van der Waals surface area contributed by atoms with Crippen molar-refractivity contribution in [2.75, 3.05) is 11.9 Å². The van der Waals surface area contributed by atoms with Crippen LogP contribution in [0.5, 0.6) is 0 Å². The molecule has 20 heavy (non-hydrogen) atoms. The Balaban J connectivity index is 1.84. The molecule has 0 aliphatic carbocycles. The molecule has 2 heterocycles. The van der Waals surface area contributed by atoms with Crippen molar-refractivity contribution in [3.63, 3.8) is 0 Å². The highest BCUT2D eigenvalue weighted by atomic mass is 32.1. The van der Waals surface area contributed by atoms with Crippen molar-refractivity contribution in [2.24, 2.45) is 0 Å². The van der Waals surface area contributed by atoms with Crippen molar-refractivity contribution in [1.29, 1.82) is 5.26 Å². The molecular weight excluding hydrogens is 270 g/mol. The van der Waals surface area contributed by atoms with Gasteiger partial charge >= 0.3 is 0 Å². The monoisotopic (exact) mass is 283 g/mol. The third-order valence-electron chi connectivity index (χ3n) is 3.43. The quantitative estimate of drug-likeness (QED) is 0.889. The summed E-state index contributed by atoms with van der Waals surface area (Å²) in [4.78, 5) is 12.4. The van der Waals surface area contributed by atoms with Gasteiger partial charge in [-0.1, -0.05) is 24.3 Å². The van der Waals surface area contributed by atoms with Crippen molar-refractivity contribution >= 4 is 22.2 Å². The Hall–Kier alpha value is -2.16. The van der Waals surface area contributed by atoms with E-state index in [1.54, 1.807) is 11.4 Å². The second-order valence-corrected chi connectivity index (χ2v) is 5.56. The summed E-state index contributed by atoms with van der Waals surface area (Å²) in [5, 5.41) is 17.5. The number of hydrogen-bond acceptors (Lipinski definition) is 4. The first-order valence-corrected chi connectivity index (χ1v) is 7.24. The minimum atomic E-state index is -0.214. The number of nitrogens with one attached hydrogen (secondary N) is 2. The SMILES string of the molecule is N#Cc1ccsc1NC(=O)C1CNCc2ccccc21. The zero-order valence-corrected chi connectivity index (χ0v) is 11.5. The molecule has 1 aromatic heterocycles. The van der Waals surface area contributed by atoms with E-state index < -0.39 is 0 Å². The Labute approximate surface area is 121 Å². The fourth-order valence-electron chi connectivity index (χ4n) is 2.42. The van der Waals surface area contributed by atoms with Crippen LogP contribution in [0.15, 0.2) is 35.7 Å². The number of thiophene rings is 1. The normalized spacial score (nSPS) is 17.1. The molecule has 0 saturated heterocycles. The first kappa shape index (κ1) is 12.9. The summed E-state index contributed by atoms with van der Waals surface area (Å²) in [5.41, 5.74) is 2.74. The van der Waals surface area contributed by atoms with E-state index in [4.69, 9.17) is 5.26 Å². The number of anilines is 1. The summed E-state index contributed by atoms with van der Waals surface area (Å²) in [7, 11) is 0. The van der Waals surface area contributed by atoms with Gasteiger partial charge in [-0.3, -0.25) is 4.79 Å². The van der Waals surface area contributed by atoms with Gasteiger partial charge in [0.25, 0.3) is 0 Å². The smallest absolute Gasteiger partial charge is 0.233 e. The van der Waals surface area contributed by atoms with Crippen LogP contribution in [0, 0.1) is 11.3 Å². The molecular formula is C15H13N3OS. The molecule has 0 spiro atoms. The van der Waals surface area contributed by atoms with Gasteiger partial charge in [-0.25, -0.2) is 0 Å². The van der Waals surface area contributed by atoms with Gasteiger partial charge in [0.05, 0.1) is 11.5 Å². The average Bonchev–Trinajstić information content (AvgIpc) is 2.93. The highest BCUT2D eigenvalue weighted by Gasteiger charge is 2.26. The van der Waals surface area contributed by atoms with Crippen molar-refractivity contribution < 1.29 is 4.79 Å². The molecule has 2 aromatic rings. The first-order valence-electron chi connectivity index (χ1n) is 6.36. The van der Waals surface area contributed by atoms with E-state index in [-0.39, 0.29) is 11.8 Å². The number of amides is 1. The molecule has 3 rings (SSSR count). The van der Waals surface area contributed by atoms with Crippen LogP contribution in [0.1, 0.15) is 22.6 Å². The number of nitrogens with zero attached hydrogens (tertiary/aromatic N) is 1. The van der Waals surface area contributed by atoms with Crippen LogP contribution in [-0.4, -0.2) is 12.5 Å². The number of fused-ring (bicyclic) bond motifs is 1. The summed E-state index contributed by atoms with van der Waals surface area (Å²) in [6.07, 6.45) is 0. The minimum absolute atomic E-state index is 0.0661. The number of hydrogen-bond donors (Lipinski definition) is 2. The fourth-order valence-corrected chi connectivity index (χ4v) is 3.16. The molecule has 0 saturated carbocycles. The molecule has 1 atom stereocenters. The highest BCUT2D eigenvalue weighted by Crippen LogP contribution is 2.27. The van der Waals surface area contributed by atoms with Gasteiger partial charge in [0.1, 0.15) is 11.1 Å². The van der Waals surface area contributed by atoms with E-state index in [1.165, 1.54) is 11.3 Å². The largest absolute Gasteiger partial charge is 0.316 e. The van der Waals surface area contributed by atoms with Crippen LogP contribution in [-0.2, 0) is 11.3 Å². The first-order chi connectivity index (χ1) is 9.79. The van der Waals surface area contributed by atoms with Crippen LogP contribution in [0.2, 0.25) is 0 Å². The zero-order chi connectivity index (χ0) is 13.9. The molecule has 100 valence electrons. The molecule has 4 nitrogen and oxygen atoms in total. The van der Waals surface area contributed by atoms with Gasteiger partial charge < -0.3 is 10.6 Å². The van der Waals surface area contributed by atoms with Crippen LogP contribution in [0.4, 0.5) is 5.00 Å². The molecule has 0 radical (unpaired) electrons. The Kier molecular flexibility index (Phi) is 3.50. The molecule has 1 unspecified atom stereocenters. The van der Waals surface area contributed by atoms with Gasteiger partial charge in [-0.05, 0) is 22.6 Å². The summed E-state index contributed by atoms with van der Waals surface area (Å²) >= 11 is 1.37. The average molecular weight is 283 g/mol. The highest BCUT2D eigenvalue weighted by molar-refractivity contribution is 7.14. The molecule has 1 aliphatic heterocycles. The lowest BCUT2D eigenvalue weighted by atomic mass is 9.90. The lowest BCUT2D eigenvalue weighted by Crippen LogP contribution is -2.35. The Morgan fingerprint density at radius 3 is 3.10 bits per heavy atom. The van der Waals surface area contributed by atoms with Crippen molar-refractivity contribution in [2.45, 2.75) is 12.5 Å². The maximum Gasteiger partial charge on any atom is 0.233 e. The van der Waals surface area contributed by atoms with Crippen LogP contribution in [0.25, 0.3) is 0 Å². The van der Waals surface area contributed by atoms with E-state index in [2.05, 4.69) is 16.7 Å². The van der Waals surface area contributed by atoms with Gasteiger partial charge in [0, 0.05) is 13.1 Å². The lowest BCUT2D eigenvalue weighted by molar-refractivity contribution is -0.117. The van der Waals surface area contributed by atoms with E-state index >= 15 is 0 Å². The minimum Gasteiger partial charge on any atom is -0.316 e. The molecule has 0 fully saturated rings. The second kappa shape index (κ2) is 5.45. The van der Waals surface area contributed by atoms with Crippen LogP contribution in [0.3, 0.4) is 0 Å². The number of rotatable bonds is 2. The van der Waals surface area contributed by atoms with Crippen LogP contribution >= 0.6 is 11.3 Å². The van der Waals surface area contributed by atoms with Crippen molar-refractivity contribution in [3.05, 3.63) is 52.4 Å². The predicted octanol–water partition coefficient (Wildman–Crippen LogP) is 2.45. The van der Waals surface area contributed by atoms with Crippen molar-refractivity contribution in [1.82, 2.24) is 5.32 Å². The van der Waals surface area contributed by atoms with E-state index in [1.807, 2.05) is 24.3 Å². The van der Waals surface area contributed by atoms with Gasteiger partial charge in [-0.15, -0.1) is 11.3 Å². The summed E-state index contributed by atoms with van der Waals surface area (Å²) in [6, 6.07) is 11.8. The van der Waals surface area contributed by atoms with E-state index in [0.717, 1.165) is 17.7 Å². The maximum absolute atomic E-state index is 12.4. The zero-order valence-electron chi connectivity index (χ0n) is 10.7. The number of nitriles is 1. The number of carbonyl (C=O) groups excluding carboxylic acids is 1. The Bertz CT molecular complexity index is 686. The lowest BCUT2D eigenvalue weighted by Gasteiger charge is -2.25. The van der Waals surface area contributed by atoms with Gasteiger partial charge in [0.2, 0.25) is 5.91 Å². The Morgan fingerprint density at radius 1 is 1.40 bits per heavy atom. The number of carbonyl (C=O) groups is 1. The van der Waals surface area contributed by atoms with Crippen molar-refractivity contribution in [3.8, 4) is 6.07 Å². The predicted molar refractivity (Wildman–Crippen MR) is 78.6 cm³/mol. The van der Waals surface area contributed by atoms with Gasteiger partial charge in [-0.2, -0.15) is 5.26 Å².